The maximum Gasteiger partial charge on any atom is 0.306 e. The molecule has 0 fully saturated rings. The third-order valence-electron chi connectivity index (χ3n) is 7.41. The highest BCUT2D eigenvalue weighted by atomic mass is 35.5. The first-order valence-electron chi connectivity index (χ1n) is 15.2. The molecule has 0 spiro atoms. The van der Waals surface area contributed by atoms with E-state index in [1.165, 1.54) is 0 Å². The first-order chi connectivity index (χ1) is 21.5. The fourth-order valence-corrected chi connectivity index (χ4v) is 5.83. The topological polar surface area (TPSA) is 97.3 Å². The molecule has 2 N–H and O–H groups in total. The first-order valence-corrected chi connectivity index (χ1v) is 16.0. The van der Waals surface area contributed by atoms with Crippen LogP contribution in [0, 0.1) is 5.41 Å². The summed E-state index contributed by atoms with van der Waals surface area (Å²) >= 11 is 12.7. The lowest BCUT2D eigenvalue weighted by Crippen LogP contribution is -2.44. The smallest absolute Gasteiger partial charge is 0.306 e. The Labute approximate surface area is 275 Å². The number of ether oxygens (including phenoxy) is 3. The molecule has 3 aromatic rings. The number of carbonyl (C=O) groups excluding carboxylic acids is 1. The Morgan fingerprint density at radius 1 is 1.02 bits per heavy atom. The molecule has 2 unspecified atom stereocenters. The fourth-order valence-electron chi connectivity index (χ4n) is 5.42. The van der Waals surface area contributed by atoms with E-state index in [-0.39, 0.29) is 5.41 Å². The van der Waals surface area contributed by atoms with Gasteiger partial charge in [0, 0.05) is 33.4 Å². The van der Waals surface area contributed by atoms with Crippen LogP contribution in [-0.4, -0.2) is 56.4 Å². The predicted molar refractivity (Wildman–Crippen MR) is 178 cm³/mol. The lowest BCUT2D eigenvalue weighted by Gasteiger charge is -2.31. The first kappa shape index (κ1) is 34.6. The van der Waals surface area contributed by atoms with Gasteiger partial charge < -0.3 is 29.5 Å². The Kier molecular flexibility index (Phi) is 12.1. The van der Waals surface area contributed by atoms with Crippen LogP contribution in [0.4, 0.5) is 5.69 Å². The number of aryl methyl sites for hydroxylation is 1. The number of nitrogens with one attached hydrogen (secondary N) is 1. The Hall–Kier alpha value is -3.30. The van der Waals surface area contributed by atoms with Crippen molar-refractivity contribution in [2.24, 2.45) is 5.41 Å². The molecule has 1 aliphatic heterocycles. The minimum atomic E-state index is -1.22. The van der Waals surface area contributed by atoms with E-state index in [2.05, 4.69) is 11.4 Å². The molecule has 8 nitrogen and oxygen atoms in total. The molecule has 242 valence electrons. The summed E-state index contributed by atoms with van der Waals surface area (Å²) in [6.45, 7) is 8.52. The highest BCUT2D eigenvalue weighted by Gasteiger charge is 2.40. The zero-order valence-electron chi connectivity index (χ0n) is 26.3. The quantitative estimate of drug-likeness (QED) is 0.175. The average molecular weight is 658 g/mol. The predicted octanol–water partition coefficient (Wildman–Crippen LogP) is 7.34. The zero-order chi connectivity index (χ0) is 32.6. The zero-order valence-corrected chi connectivity index (χ0v) is 27.8. The fraction of sp³-hybridized carbons (Fsp3) is 0.429. The van der Waals surface area contributed by atoms with E-state index in [0.29, 0.717) is 46.5 Å². The monoisotopic (exact) mass is 656 g/mol. The standard InChI is InChI=1S/C35H42Cl2N2O6/c1-35(2,3)22-39-28-16-15-24(36)20-26(28)32(45-30(34(39)42)21-31(40)41)25-12-7-14-29(33(25)43-4)44-19-9-18-38-17-8-11-23-10-5-6-13-27(23)37/h5-7,10,12-16,20,30,32,38H,8-9,11,17-19,21-22H2,1-4H3,(H,40,41). The van der Waals surface area contributed by atoms with E-state index in [1.807, 2.05) is 57.2 Å². The number of nitrogens with zero attached hydrogens (tertiary/aromatic N) is 1. The van der Waals surface area contributed by atoms with Gasteiger partial charge in [0.2, 0.25) is 0 Å². The van der Waals surface area contributed by atoms with E-state index in [9.17, 15) is 14.7 Å². The van der Waals surface area contributed by atoms with Gasteiger partial charge in [-0.1, -0.05) is 74.3 Å². The van der Waals surface area contributed by atoms with Gasteiger partial charge in [0.05, 0.1) is 20.1 Å². The lowest BCUT2D eigenvalue weighted by molar-refractivity contribution is -0.147. The summed E-state index contributed by atoms with van der Waals surface area (Å²) in [5.41, 5.74) is 2.75. The normalized spacial score (nSPS) is 16.7. The van der Waals surface area contributed by atoms with Crippen molar-refractivity contribution in [1.82, 2.24) is 5.32 Å². The number of carboxylic acid groups (broad SMARTS) is 1. The largest absolute Gasteiger partial charge is 0.492 e. The molecule has 0 saturated heterocycles. The van der Waals surface area contributed by atoms with Gasteiger partial charge in [-0.15, -0.1) is 0 Å². The summed E-state index contributed by atoms with van der Waals surface area (Å²) < 4.78 is 18.4. The minimum Gasteiger partial charge on any atom is -0.492 e. The number of benzene rings is 3. The number of halogens is 2. The molecule has 2 atom stereocenters. The molecule has 0 aromatic heterocycles. The molecular formula is C35H42Cl2N2O6. The van der Waals surface area contributed by atoms with Gasteiger partial charge in [-0.05, 0) is 73.7 Å². The van der Waals surface area contributed by atoms with Crippen molar-refractivity contribution < 1.29 is 28.9 Å². The molecule has 10 heteroatoms. The molecule has 1 heterocycles. The molecule has 1 amide bonds. The number of para-hydroxylation sites is 1. The molecule has 0 saturated carbocycles. The highest BCUT2D eigenvalue weighted by Crippen LogP contribution is 2.45. The van der Waals surface area contributed by atoms with Crippen molar-refractivity contribution in [1.29, 1.82) is 0 Å². The third kappa shape index (κ3) is 9.36. The number of anilines is 1. The maximum atomic E-state index is 13.8. The number of hydrogen-bond donors (Lipinski definition) is 2. The van der Waals surface area contributed by atoms with Gasteiger partial charge in [0.15, 0.2) is 11.5 Å². The Morgan fingerprint density at radius 3 is 2.49 bits per heavy atom. The molecular weight excluding hydrogens is 615 g/mol. The van der Waals surface area contributed by atoms with Crippen LogP contribution in [-0.2, 0) is 20.7 Å². The van der Waals surface area contributed by atoms with E-state index < -0.39 is 30.5 Å². The average Bonchev–Trinajstić information content (AvgIpc) is 3.08. The minimum absolute atomic E-state index is 0.268. The van der Waals surface area contributed by atoms with Crippen molar-refractivity contribution in [2.75, 3.05) is 38.3 Å². The lowest BCUT2D eigenvalue weighted by atomic mass is 9.94. The van der Waals surface area contributed by atoms with E-state index in [4.69, 9.17) is 37.4 Å². The van der Waals surface area contributed by atoms with Crippen molar-refractivity contribution in [3.63, 3.8) is 0 Å². The van der Waals surface area contributed by atoms with Gasteiger partial charge >= 0.3 is 5.97 Å². The highest BCUT2D eigenvalue weighted by molar-refractivity contribution is 6.31. The number of hydrogen-bond acceptors (Lipinski definition) is 6. The van der Waals surface area contributed by atoms with Gasteiger partial charge in [-0.25, -0.2) is 0 Å². The van der Waals surface area contributed by atoms with Crippen molar-refractivity contribution in [3.8, 4) is 11.5 Å². The van der Waals surface area contributed by atoms with Crippen LogP contribution >= 0.6 is 23.2 Å². The summed E-state index contributed by atoms with van der Waals surface area (Å²) in [6.07, 6.45) is 0.120. The maximum absolute atomic E-state index is 13.8. The van der Waals surface area contributed by atoms with E-state index >= 15 is 0 Å². The van der Waals surface area contributed by atoms with Gasteiger partial charge in [0.25, 0.3) is 5.91 Å². The van der Waals surface area contributed by atoms with Gasteiger partial charge in [0.1, 0.15) is 12.2 Å². The number of rotatable bonds is 14. The summed E-state index contributed by atoms with van der Waals surface area (Å²) in [7, 11) is 1.55. The number of amides is 1. The Balaban J connectivity index is 1.51. The number of carbonyl (C=O) groups is 2. The Bertz CT molecular complexity index is 1470. The molecule has 3 aromatic carbocycles. The molecule has 0 bridgehead atoms. The number of aliphatic carboxylic acids is 1. The van der Waals surface area contributed by atoms with Crippen LogP contribution in [0.2, 0.25) is 10.0 Å². The second kappa shape index (κ2) is 15.8. The second-order valence-corrected chi connectivity index (χ2v) is 13.2. The van der Waals surface area contributed by atoms with Crippen LogP contribution < -0.4 is 19.7 Å². The number of methoxy groups -OCH3 is 1. The van der Waals surface area contributed by atoms with Gasteiger partial charge in [-0.2, -0.15) is 0 Å². The molecule has 0 aliphatic carbocycles. The number of carboxylic acids is 1. The van der Waals surface area contributed by atoms with Crippen LogP contribution in [0.25, 0.3) is 0 Å². The second-order valence-electron chi connectivity index (χ2n) is 12.3. The molecule has 1 aliphatic rings. The van der Waals surface area contributed by atoms with E-state index in [1.54, 1.807) is 30.2 Å². The summed E-state index contributed by atoms with van der Waals surface area (Å²) in [5, 5.41) is 14.4. The van der Waals surface area contributed by atoms with Crippen LogP contribution in [0.5, 0.6) is 11.5 Å². The van der Waals surface area contributed by atoms with Gasteiger partial charge in [-0.3, -0.25) is 9.59 Å². The van der Waals surface area contributed by atoms with E-state index in [0.717, 1.165) is 42.9 Å². The van der Waals surface area contributed by atoms with Crippen molar-refractivity contribution in [2.45, 2.75) is 58.7 Å². The van der Waals surface area contributed by atoms with Crippen molar-refractivity contribution >= 4 is 40.8 Å². The number of fused-ring (bicyclic) bond motifs is 1. The summed E-state index contributed by atoms with van der Waals surface area (Å²) in [6, 6.07) is 18.7. The molecule has 45 heavy (non-hydrogen) atoms. The SMILES string of the molecule is COc1c(OCCCNCCCc2ccccc2Cl)cccc1C1OC(CC(=O)O)C(=O)N(CC(C)(C)C)c2ccc(Cl)cc21. The van der Waals surface area contributed by atoms with Crippen LogP contribution in [0.3, 0.4) is 0 Å². The van der Waals surface area contributed by atoms with Crippen molar-refractivity contribution in [3.05, 3.63) is 87.4 Å². The van der Waals surface area contributed by atoms with Crippen LogP contribution in [0.1, 0.15) is 62.8 Å². The third-order valence-corrected chi connectivity index (χ3v) is 8.01. The summed E-state index contributed by atoms with van der Waals surface area (Å²) in [5.74, 6) is -0.567. The Morgan fingerprint density at radius 2 is 1.78 bits per heavy atom. The molecule has 0 radical (unpaired) electrons. The molecule has 4 rings (SSSR count). The van der Waals surface area contributed by atoms with Crippen LogP contribution in [0.15, 0.2) is 60.7 Å². The summed E-state index contributed by atoms with van der Waals surface area (Å²) in [4.78, 5) is 27.3.